The summed E-state index contributed by atoms with van der Waals surface area (Å²) in [5.41, 5.74) is 2.58. The molecule has 0 spiro atoms. The number of H-pyrrole nitrogens is 1. The standard InChI is InChI=1S/C31H38N4O4/c1-3-39-23-12-13-26-24(19-23)25-20-31(2)29(37)34(17-9-16-33-14-6-4-5-7-15-33)30(38)35(31)28(27(25)32-26)21-10-8-11-22(36)18-21/h8,10-13,18-19,28,32,36H,3-7,9,14-17,20H2,1-2H3/t28-,31+/m1/s1. The number of benzene rings is 2. The number of ether oxygens (including phenoxy) is 1. The molecule has 2 fully saturated rings. The highest BCUT2D eigenvalue weighted by molar-refractivity contribution is 6.08. The maximum Gasteiger partial charge on any atom is 0.328 e. The lowest BCUT2D eigenvalue weighted by molar-refractivity contribution is -0.133. The number of amides is 3. The van der Waals surface area contributed by atoms with Gasteiger partial charge in [0.25, 0.3) is 5.91 Å². The monoisotopic (exact) mass is 530 g/mol. The largest absolute Gasteiger partial charge is 0.508 e. The molecule has 3 amide bonds. The van der Waals surface area contributed by atoms with E-state index in [0.29, 0.717) is 19.6 Å². The Kier molecular flexibility index (Phi) is 6.75. The number of rotatable bonds is 7. The van der Waals surface area contributed by atoms with Crippen LogP contribution in [0.15, 0.2) is 42.5 Å². The van der Waals surface area contributed by atoms with E-state index in [9.17, 15) is 14.7 Å². The highest BCUT2D eigenvalue weighted by Crippen LogP contribution is 2.49. The van der Waals surface area contributed by atoms with Crippen molar-refractivity contribution < 1.29 is 19.4 Å². The molecule has 0 radical (unpaired) electrons. The van der Waals surface area contributed by atoms with E-state index in [1.54, 1.807) is 23.1 Å². The molecule has 2 N–H and O–H groups in total. The number of phenols is 1. The van der Waals surface area contributed by atoms with Crippen molar-refractivity contribution in [3.63, 3.8) is 0 Å². The fourth-order valence-electron chi connectivity index (χ4n) is 6.80. The quantitative estimate of drug-likeness (QED) is 0.410. The van der Waals surface area contributed by atoms with E-state index in [1.807, 2.05) is 38.1 Å². The van der Waals surface area contributed by atoms with Gasteiger partial charge in [0.1, 0.15) is 23.1 Å². The Bertz CT molecular complexity index is 1390. The molecule has 2 atom stereocenters. The maximum atomic E-state index is 14.1. The third kappa shape index (κ3) is 4.44. The van der Waals surface area contributed by atoms with Crippen LogP contribution in [0.3, 0.4) is 0 Å². The number of hydrogen-bond donors (Lipinski definition) is 2. The SMILES string of the molecule is CCOc1ccc2[nH]c3c(c2c1)C[C@@]1(C)C(=O)N(CCCN2CCCCCC2)C(=O)N1[C@@H]3c1cccc(O)c1. The van der Waals surface area contributed by atoms with Crippen LogP contribution in [0.25, 0.3) is 10.9 Å². The zero-order valence-electron chi connectivity index (χ0n) is 22.9. The molecule has 8 heteroatoms. The van der Waals surface area contributed by atoms with Gasteiger partial charge in [0.15, 0.2) is 0 Å². The summed E-state index contributed by atoms with van der Waals surface area (Å²) in [4.78, 5) is 37.3. The van der Waals surface area contributed by atoms with Crippen LogP contribution in [-0.2, 0) is 11.2 Å². The number of nitrogens with one attached hydrogen (secondary N) is 1. The van der Waals surface area contributed by atoms with Crippen LogP contribution >= 0.6 is 0 Å². The number of aromatic hydroxyl groups is 1. The smallest absolute Gasteiger partial charge is 0.328 e. The number of aromatic amines is 1. The fraction of sp³-hybridized carbons (Fsp3) is 0.484. The molecule has 6 rings (SSSR count). The molecular formula is C31H38N4O4. The Hall–Kier alpha value is -3.52. The first-order valence-electron chi connectivity index (χ1n) is 14.3. The Morgan fingerprint density at radius 2 is 1.85 bits per heavy atom. The molecule has 39 heavy (non-hydrogen) atoms. The molecule has 2 saturated heterocycles. The van der Waals surface area contributed by atoms with Gasteiger partial charge in [0.05, 0.1) is 6.61 Å². The van der Waals surface area contributed by atoms with Gasteiger partial charge in [-0.2, -0.15) is 0 Å². The molecular weight excluding hydrogens is 492 g/mol. The number of carbonyl (C=O) groups excluding carboxylic acids is 2. The van der Waals surface area contributed by atoms with E-state index < -0.39 is 11.6 Å². The van der Waals surface area contributed by atoms with E-state index in [4.69, 9.17) is 4.74 Å². The van der Waals surface area contributed by atoms with E-state index in [2.05, 4.69) is 9.88 Å². The van der Waals surface area contributed by atoms with Crippen molar-refractivity contribution in [3.8, 4) is 11.5 Å². The average Bonchev–Trinajstić information content (AvgIpc) is 3.19. The van der Waals surface area contributed by atoms with Crippen LogP contribution < -0.4 is 4.74 Å². The first kappa shape index (κ1) is 25.7. The molecule has 0 bridgehead atoms. The van der Waals surface area contributed by atoms with Gasteiger partial charge in [-0.25, -0.2) is 4.79 Å². The van der Waals surface area contributed by atoms with Gasteiger partial charge in [-0.05, 0) is 94.2 Å². The third-order valence-electron chi connectivity index (χ3n) is 8.69. The van der Waals surface area contributed by atoms with E-state index >= 15 is 0 Å². The third-order valence-corrected chi connectivity index (χ3v) is 8.69. The molecule has 0 aliphatic carbocycles. The molecule has 4 heterocycles. The first-order valence-corrected chi connectivity index (χ1v) is 14.3. The topological polar surface area (TPSA) is 89.1 Å². The summed E-state index contributed by atoms with van der Waals surface area (Å²) >= 11 is 0. The van der Waals surface area contributed by atoms with Crippen LogP contribution in [-0.4, -0.2) is 75.1 Å². The predicted octanol–water partition coefficient (Wildman–Crippen LogP) is 5.21. The van der Waals surface area contributed by atoms with Gasteiger partial charge in [-0.15, -0.1) is 0 Å². The van der Waals surface area contributed by atoms with Gasteiger partial charge in [-0.1, -0.05) is 25.0 Å². The summed E-state index contributed by atoms with van der Waals surface area (Å²) < 4.78 is 5.78. The van der Waals surface area contributed by atoms with E-state index in [0.717, 1.165) is 59.5 Å². The van der Waals surface area contributed by atoms with E-state index in [1.165, 1.54) is 30.6 Å². The zero-order valence-corrected chi connectivity index (χ0v) is 22.9. The Balaban J connectivity index is 1.37. The van der Waals surface area contributed by atoms with Crippen molar-refractivity contribution in [1.82, 2.24) is 19.7 Å². The molecule has 0 unspecified atom stereocenters. The number of nitrogens with zero attached hydrogens (tertiary/aromatic N) is 3. The van der Waals surface area contributed by atoms with Crippen molar-refractivity contribution in [2.24, 2.45) is 0 Å². The second-order valence-corrected chi connectivity index (χ2v) is 11.3. The summed E-state index contributed by atoms with van der Waals surface area (Å²) in [6.45, 7) is 7.91. The number of carbonyl (C=O) groups is 2. The summed E-state index contributed by atoms with van der Waals surface area (Å²) in [6.07, 6.45) is 6.19. The number of fused-ring (bicyclic) bond motifs is 4. The Labute approximate surface area is 229 Å². The number of hydrogen-bond acceptors (Lipinski definition) is 5. The van der Waals surface area contributed by atoms with Crippen molar-refractivity contribution in [1.29, 1.82) is 0 Å². The summed E-state index contributed by atoms with van der Waals surface area (Å²) in [7, 11) is 0. The zero-order chi connectivity index (χ0) is 27.1. The van der Waals surface area contributed by atoms with Crippen LogP contribution in [0.5, 0.6) is 11.5 Å². The highest BCUT2D eigenvalue weighted by atomic mass is 16.5. The molecule has 3 aromatic rings. The fourth-order valence-corrected chi connectivity index (χ4v) is 6.80. The molecule has 2 aromatic carbocycles. The molecule has 8 nitrogen and oxygen atoms in total. The number of imide groups is 1. The van der Waals surface area contributed by atoms with Gasteiger partial charge in [0.2, 0.25) is 0 Å². The first-order chi connectivity index (χ1) is 18.9. The molecule has 1 aromatic heterocycles. The number of urea groups is 1. The van der Waals surface area contributed by atoms with E-state index in [-0.39, 0.29) is 17.7 Å². The van der Waals surface area contributed by atoms with Gasteiger partial charge in [-0.3, -0.25) is 14.6 Å². The molecule has 0 saturated carbocycles. The average molecular weight is 531 g/mol. The summed E-state index contributed by atoms with van der Waals surface area (Å²) in [6, 6.07) is 12.2. The lowest BCUT2D eigenvalue weighted by Crippen LogP contribution is -2.53. The van der Waals surface area contributed by atoms with Gasteiger partial charge >= 0.3 is 6.03 Å². The van der Waals surface area contributed by atoms with Crippen LogP contribution in [0.1, 0.15) is 68.8 Å². The molecule has 206 valence electrons. The van der Waals surface area contributed by atoms with Gasteiger partial charge < -0.3 is 19.7 Å². The minimum Gasteiger partial charge on any atom is -0.508 e. The minimum absolute atomic E-state index is 0.128. The molecule has 3 aliphatic heterocycles. The predicted molar refractivity (Wildman–Crippen MR) is 150 cm³/mol. The maximum absolute atomic E-state index is 14.1. The van der Waals surface area contributed by atoms with Crippen LogP contribution in [0.4, 0.5) is 4.79 Å². The van der Waals surface area contributed by atoms with Crippen molar-refractivity contribution in [3.05, 3.63) is 59.3 Å². The van der Waals surface area contributed by atoms with Crippen molar-refractivity contribution >= 4 is 22.8 Å². The second-order valence-electron chi connectivity index (χ2n) is 11.3. The highest BCUT2D eigenvalue weighted by Gasteiger charge is 2.60. The van der Waals surface area contributed by atoms with Crippen molar-refractivity contribution in [2.75, 3.05) is 32.8 Å². The molecule has 3 aliphatic rings. The number of phenolic OH excluding ortho intramolecular Hbond substituents is 1. The normalized spacial score (nSPS) is 23.7. The Morgan fingerprint density at radius 1 is 1.05 bits per heavy atom. The second kappa shape index (κ2) is 10.2. The summed E-state index contributed by atoms with van der Waals surface area (Å²) in [5, 5.41) is 11.4. The van der Waals surface area contributed by atoms with Crippen molar-refractivity contribution in [2.45, 2.75) is 64.0 Å². The number of likely N-dealkylation sites (tertiary alicyclic amines) is 1. The lowest BCUT2D eigenvalue weighted by atomic mass is 9.81. The minimum atomic E-state index is -1.03. The summed E-state index contributed by atoms with van der Waals surface area (Å²) in [5.74, 6) is 0.759. The van der Waals surface area contributed by atoms with Gasteiger partial charge in [0, 0.05) is 29.6 Å². The van der Waals surface area contributed by atoms with Crippen LogP contribution in [0.2, 0.25) is 0 Å². The number of aromatic nitrogens is 1. The Morgan fingerprint density at radius 3 is 2.59 bits per heavy atom. The lowest BCUT2D eigenvalue weighted by Gasteiger charge is -2.42. The van der Waals surface area contributed by atoms with Crippen LogP contribution in [0, 0.1) is 0 Å².